The molecule has 0 fully saturated rings. The zero-order valence-corrected chi connectivity index (χ0v) is 15.8. The van der Waals surface area contributed by atoms with Gasteiger partial charge in [0.25, 0.3) is 5.91 Å². The van der Waals surface area contributed by atoms with Gasteiger partial charge in [0, 0.05) is 11.1 Å². The molecule has 0 aliphatic carbocycles. The Bertz CT molecular complexity index is 966. The molecular weight excluding hydrogens is 356 g/mol. The number of benzene rings is 2. The molecule has 2 aromatic carbocycles. The van der Waals surface area contributed by atoms with E-state index in [1.807, 2.05) is 62.4 Å². The highest BCUT2D eigenvalue weighted by atomic mass is 16.5. The van der Waals surface area contributed by atoms with Gasteiger partial charge < -0.3 is 9.47 Å². The Kier molecular flexibility index (Phi) is 6.41. The molecule has 0 radical (unpaired) electrons. The number of aromatic nitrogens is 2. The first-order valence-corrected chi connectivity index (χ1v) is 9.05. The maximum atomic E-state index is 12.3. The number of hydrogen-bond donors (Lipinski definition) is 2. The van der Waals surface area contributed by atoms with Gasteiger partial charge in [-0.2, -0.15) is 10.2 Å². The van der Waals surface area contributed by atoms with Crippen molar-refractivity contribution in [3.8, 4) is 22.8 Å². The average Bonchev–Trinajstić information content (AvgIpc) is 3.20. The predicted octanol–water partition coefficient (Wildman–Crippen LogP) is 3.64. The van der Waals surface area contributed by atoms with E-state index in [0.29, 0.717) is 36.1 Å². The number of hydrogen-bond acceptors (Lipinski definition) is 5. The molecule has 144 valence electrons. The molecule has 0 unspecified atom stereocenters. The first-order valence-electron chi connectivity index (χ1n) is 9.05. The summed E-state index contributed by atoms with van der Waals surface area (Å²) in [7, 11) is 0. The number of rotatable bonds is 8. The van der Waals surface area contributed by atoms with E-state index in [-0.39, 0.29) is 0 Å². The Hall–Kier alpha value is -3.61. The summed E-state index contributed by atoms with van der Waals surface area (Å²) in [5, 5.41) is 11.0. The van der Waals surface area contributed by atoms with E-state index in [4.69, 9.17) is 9.47 Å². The molecule has 1 aromatic heterocycles. The summed E-state index contributed by atoms with van der Waals surface area (Å²) in [6.45, 7) is 4.93. The van der Waals surface area contributed by atoms with Gasteiger partial charge in [0.1, 0.15) is 17.2 Å². The van der Waals surface area contributed by atoms with Gasteiger partial charge in [-0.3, -0.25) is 9.89 Å². The molecule has 0 saturated heterocycles. The summed E-state index contributed by atoms with van der Waals surface area (Å²) in [4.78, 5) is 12.3. The number of para-hydroxylation sites is 2. The highest BCUT2D eigenvalue weighted by molar-refractivity contribution is 5.94. The summed E-state index contributed by atoms with van der Waals surface area (Å²) in [5.41, 5.74) is 5.01. The number of H-pyrrole nitrogens is 1. The zero-order valence-electron chi connectivity index (χ0n) is 15.8. The van der Waals surface area contributed by atoms with E-state index in [1.165, 1.54) is 0 Å². The smallest absolute Gasteiger partial charge is 0.289 e. The van der Waals surface area contributed by atoms with Gasteiger partial charge in [-0.15, -0.1) is 0 Å². The van der Waals surface area contributed by atoms with Crippen LogP contribution in [0.1, 0.15) is 29.9 Å². The third-order valence-corrected chi connectivity index (χ3v) is 3.87. The number of hydrazone groups is 1. The molecule has 0 saturated carbocycles. The van der Waals surface area contributed by atoms with Crippen LogP contribution in [0.25, 0.3) is 11.3 Å². The average molecular weight is 378 g/mol. The molecule has 0 aliphatic rings. The fourth-order valence-electron chi connectivity index (χ4n) is 2.63. The number of nitrogens with zero attached hydrogens (tertiary/aromatic N) is 2. The number of nitrogens with one attached hydrogen (secondary N) is 2. The van der Waals surface area contributed by atoms with Crippen molar-refractivity contribution in [2.24, 2.45) is 5.10 Å². The summed E-state index contributed by atoms with van der Waals surface area (Å²) in [5.74, 6) is 1.03. The molecule has 1 amide bonds. The van der Waals surface area contributed by atoms with Crippen molar-refractivity contribution in [1.82, 2.24) is 15.6 Å². The number of carbonyl (C=O) groups excluding carboxylic acids is 1. The third kappa shape index (κ3) is 4.56. The van der Waals surface area contributed by atoms with Crippen molar-refractivity contribution in [3.05, 3.63) is 65.9 Å². The molecule has 7 nitrogen and oxygen atoms in total. The van der Waals surface area contributed by atoms with Crippen LogP contribution in [0.4, 0.5) is 0 Å². The van der Waals surface area contributed by atoms with Crippen LogP contribution in [-0.4, -0.2) is 35.5 Å². The van der Waals surface area contributed by atoms with Crippen LogP contribution in [0.2, 0.25) is 0 Å². The summed E-state index contributed by atoms with van der Waals surface area (Å²) in [6.07, 6.45) is 1.55. The lowest BCUT2D eigenvalue weighted by atomic mass is 10.1. The summed E-state index contributed by atoms with van der Waals surface area (Å²) < 4.78 is 11.1. The first kappa shape index (κ1) is 19.2. The van der Waals surface area contributed by atoms with Crippen molar-refractivity contribution in [3.63, 3.8) is 0 Å². The van der Waals surface area contributed by atoms with E-state index in [9.17, 15) is 4.79 Å². The van der Waals surface area contributed by atoms with Crippen molar-refractivity contribution in [1.29, 1.82) is 0 Å². The summed E-state index contributed by atoms with van der Waals surface area (Å²) >= 11 is 0. The lowest BCUT2D eigenvalue weighted by molar-refractivity contribution is 0.0950. The third-order valence-electron chi connectivity index (χ3n) is 3.87. The van der Waals surface area contributed by atoms with E-state index < -0.39 is 5.91 Å². The SMILES string of the molecule is CCOc1ccccc1/C=N\NC(=O)c1cc(-c2ccccc2OCC)n[nH]1. The van der Waals surface area contributed by atoms with Gasteiger partial charge in [-0.05, 0) is 44.2 Å². The first-order chi connectivity index (χ1) is 13.7. The fourth-order valence-corrected chi connectivity index (χ4v) is 2.63. The largest absolute Gasteiger partial charge is 0.493 e. The minimum Gasteiger partial charge on any atom is -0.493 e. The summed E-state index contributed by atoms with van der Waals surface area (Å²) in [6, 6.07) is 16.7. The topological polar surface area (TPSA) is 88.6 Å². The Morgan fingerprint density at radius 1 is 1.07 bits per heavy atom. The molecule has 28 heavy (non-hydrogen) atoms. The number of amides is 1. The molecule has 2 N–H and O–H groups in total. The van der Waals surface area contributed by atoms with Crippen LogP contribution in [0.15, 0.2) is 59.7 Å². The maximum absolute atomic E-state index is 12.3. The van der Waals surface area contributed by atoms with Crippen molar-refractivity contribution in [2.45, 2.75) is 13.8 Å². The molecule has 1 heterocycles. The second kappa shape index (κ2) is 9.36. The molecule has 0 bridgehead atoms. The molecule has 0 atom stereocenters. The van der Waals surface area contributed by atoms with Crippen LogP contribution in [-0.2, 0) is 0 Å². The molecular formula is C21H22N4O3. The molecule has 3 rings (SSSR count). The van der Waals surface area contributed by atoms with Gasteiger partial charge in [-0.1, -0.05) is 24.3 Å². The number of aromatic amines is 1. The van der Waals surface area contributed by atoms with E-state index in [2.05, 4.69) is 20.7 Å². The van der Waals surface area contributed by atoms with E-state index in [0.717, 1.165) is 11.1 Å². The standard InChI is InChI=1S/C21H22N4O3/c1-3-27-19-11-7-5-9-15(19)14-22-25-21(26)18-13-17(23-24-18)16-10-6-8-12-20(16)28-4-2/h5-14H,3-4H2,1-2H3,(H,23,24)(H,25,26)/b22-14-. The molecule has 7 heteroatoms. The van der Waals surface area contributed by atoms with Gasteiger partial charge in [0.05, 0.1) is 25.1 Å². The highest BCUT2D eigenvalue weighted by Gasteiger charge is 2.13. The van der Waals surface area contributed by atoms with Crippen molar-refractivity contribution >= 4 is 12.1 Å². The van der Waals surface area contributed by atoms with Gasteiger partial charge >= 0.3 is 0 Å². The minimum atomic E-state index is -0.391. The van der Waals surface area contributed by atoms with E-state index in [1.54, 1.807) is 12.3 Å². The second-order valence-corrected chi connectivity index (χ2v) is 5.77. The van der Waals surface area contributed by atoms with Crippen LogP contribution in [0.3, 0.4) is 0 Å². The van der Waals surface area contributed by atoms with Crippen LogP contribution in [0.5, 0.6) is 11.5 Å². The van der Waals surface area contributed by atoms with Crippen molar-refractivity contribution < 1.29 is 14.3 Å². The highest BCUT2D eigenvalue weighted by Crippen LogP contribution is 2.28. The maximum Gasteiger partial charge on any atom is 0.289 e. The van der Waals surface area contributed by atoms with E-state index >= 15 is 0 Å². The Labute approximate surface area is 163 Å². The predicted molar refractivity (Wildman–Crippen MR) is 108 cm³/mol. The quantitative estimate of drug-likeness (QED) is 0.463. The molecule has 0 aliphatic heterocycles. The Morgan fingerprint density at radius 3 is 2.54 bits per heavy atom. The van der Waals surface area contributed by atoms with Gasteiger partial charge in [0.2, 0.25) is 0 Å². The lowest BCUT2D eigenvalue weighted by Crippen LogP contribution is -2.18. The van der Waals surface area contributed by atoms with Crippen LogP contribution in [0, 0.1) is 0 Å². The zero-order chi connectivity index (χ0) is 19.8. The van der Waals surface area contributed by atoms with Gasteiger partial charge in [0.15, 0.2) is 0 Å². The number of carbonyl (C=O) groups is 1. The molecule has 0 spiro atoms. The molecule has 3 aromatic rings. The number of ether oxygens (including phenoxy) is 2. The lowest BCUT2D eigenvalue weighted by Gasteiger charge is -2.07. The monoisotopic (exact) mass is 378 g/mol. The van der Waals surface area contributed by atoms with Gasteiger partial charge in [-0.25, -0.2) is 5.43 Å². The van der Waals surface area contributed by atoms with Crippen LogP contribution >= 0.6 is 0 Å². The second-order valence-electron chi connectivity index (χ2n) is 5.77. The Morgan fingerprint density at radius 2 is 1.75 bits per heavy atom. The fraction of sp³-hybridized carbons (Fsp3) is 0.190. The Balaban J connectivity index is 1.70. The normalized spacial score (nSPS) is 10.8. The van der Waals surface area contributed by atoms with Crippen LogP contribution < -0.4 is 14.9 Å². The van der Waals surface area contributed by atoms with Crippen molar-refractivity contribution in [2.75, 3.05) is 13.2 Å². The minimum absolute atomic E-state index is 0.302.